The molecular formula is C13H12F2N2O2S. The van der Waals surface area contributed by atoms with Crippen molar-refractivity contribution in [2.24, 2.45) is 0 Å². The van der Waals surface area contributed by atoms with Crippen molar-refractivity contribution in [2.75, 3.05) is 10.5 Å². The number of sulfonamides is 1. The van der Waals surface area contributed by atoms with Crippen molar-refractivity contribution >= 4 is 21.4 Å². The first kappa shape index (κ1) is 14.3. The predicted octanol–water partition coefficient (Wildman–Crippen LogP) is 2.66. The van der Waals surface area contributed by atoms with Crippen LogP contribution in [-0.2, 0) is 10.0 Å². The number of nitrogens with one attached hydrogen (secondary N) is 1. The van der Waals surface area contributed by atoms with Crippen LogP contribution in [0.2, 0.25) is 0 Å². The standard InChI is InChI=1S/C13H12F2N2O2S/c1-8-6-10(3-4-12(8)16)17-20(18,19)13-5-2-9(14)7-11(13)15/h2-7,17H,16H2,1H3. The molecule has 0 fully saturated rings. The van der Waals surface area contributed by atoms with E-state index in [2.05, 4.69) is 4.72 Å². The van der Waals surface area contributed by atoms with Crippen LogP contribution in [0.5, 0.6) is 0 Å². The van der Waals surface area contributed by atoms with Gasteiger partial charge in [-0.1, -0.05) is 0 Å². The Morgan fingerprint density at radius 2 is 1.80 bits per heavy atom. The summed E-state index contributed by atoms with van der Waals surface area (Å²) < 4.78 is 52.6. The van der Waals surface area contributed by atoms with Crippen LogP contribution in [0.1, 0.15) is 5.56 Å². The first-order chi connectivity index (χ1) is 9.29. The molecule has 0 aromatic heterocycles. The van der Waals surface area contributed by atoms with Crippen LogP contribution < -0.4 is 10.5 Å². The summed E-state index contributed by atoms with van der Waals surface area (Å²) in [6.07, 6.45) is 0. The van der Waals surface area contributed by atoms with E-state index in [0.29, 0.717) is 17.3 Å². The smallest absolute Gasteiger partial charge is 0.264 e. The van der Waals surface area contributed by atoms with E-state index in [-0.39, 0.29) is 5.69 Å². The zero-order valence-corrected chi connectivity index (χ0v) is 11.3. The number of aryl methyl sites for hydroxylation is 1. The molecule has 0 heterocycles. The first-order valence-electron chi connectivity index (χ1n) is 5.63. The Balaban J connectivity index is 2.38. The van der Waals surface area contributed by atoms with Crippen molar-refractivity contribution in [1.29, 1.82) is 0 Å². The fourth-order valence-electron chi connectivity index (χ4n) is 1.64. The SMILES string of the molecule is Cc1cc(NS(=O)(=O)c2ccc(F)cc2F)ccc1N. The Hall–Kier alpha value is -2.15. The molecule has 3 N–H and O–H groups in total. The van der Waals surface area contributed by atoms with Crippen LogP contribution >= 0.6 is 0 Å². The largest absolute Gasteiger partial charge is 0.399 e. The van der Waals surface area contributed by atoms with Crippen molar-refractivity contribution in [3.63, 3.8) is 0 Å². The molecule has 2 aromatic rings. The zero-order valence-electron chi connectivity index (χ0n) is 10.5. The summed E-state index contributed by atoms with van der Waals surface area (Å²) in [5.41, 5.74) is 7.08. The van der Waals surface area contributed by atoms with E-state index < -0.39 is 26.6 Å². The Kier molecular flexibility index (Phi) is 3.63. The second-order valence-corrected chi connectivity index (χ2v) is 5.90. The van der Waals surface area contributed by atoms with Gasteiger partial charge >= 0.3 is 0 Å². The quantitative estimate of drug-likeness (QED) is 0.856. The molecule has 4 nitrogen and oxygen atoms in total. The maximum atomic E-state index is 13.5. The molecule has 0 bridgehead atoms. The molecule has 0 radical (unpaired) electrons. The molecule has 2 aromatic carbocycles. The van der Waals surface area contributed by atoms with Gasteiger partial charge < -0.3 is 5.73 Å². The minimum atomic E-state index is -4.12. The third-order valence-corrected chi connectivity index (χ3v) is 4.12. The van der Waals surface area contributed by atoms with Gasteiger partial charge in [0.15, 0.2) is 0 Å². The van der Waals surface area contributed by atoms with Crippen LogP contribution in [0.4, 0.5) is 20.2 Å². The third-order valence-electron chi connectivity index (χ3n) is 2.71. The molecule has 0 amide bonds. The highest BCUT2D eigenvalue weighted by molar-refractivity contribution is 7.92. The Labute approximate surface area is 115 Å². The van der Waals surface area contributed by atoms with Crippen LogP contribution in [0.15, 0.2) is 41.3 Å². The van der Waals surface area contributed by atoms with Crippen LogP contribution in [0, 0.1) is 18.6 Å². The lowest BCUT2D eigenvalue weighted by molar-refractivity contribution is 0.551. The van der Waals surface area contributed by atoms with E-state index >= 15 is 0 Å². The lowest BCUT2D eigenvalue weighted by Crippen LogP contribution is -2.15. The summed E-state index contributed by atoms with van der Waals surface area (Å²) in [6, 6.07) is 6.79. The fourth-order valence-corrected chi connectivity index (χ4v) is 2.75. The summed E-state index contributed by atoms with van der Waals surface area (Å²) in [5, 5.41) is 0. The summed E-state index contributed by atoms with van der Waals surface area (Å²) in [7, 11) is -4.12. The van der Waals surface area contributed by atoms with Gasteiger partial charge in [0.1, 0.15) is 16.5 Å². The van der Waals surface area contributed by atoms with Gasteiger partial charge in [-0.15, -0.1) is 0 Å². The number of anilines is 2. The molecule has 0 saturated heterocycles. The van der Waals surface area contributed by atoms with Gasteiger partial charge in [0.05, 0.1) is 0 Å². The lowest BCUT2D eigenvalue weighted by Gasteiger charge is -2.10. The lowest BCUT2D eigenvalue weighted by atomic mass is 10.2. The zero-order chi connectivity index (χ0) is 14.9. The Morgan fingerprint density at radius 3 is 2.40 bits per heavy atom. The molecule has 20 heavy (non-hydrogen) atoms. The molecule has 0 atom stereocenters. The molecule has 0 saturated carbocycles. The maximum Gasteiger partial charge on any atom is 0.264 e. The van der Waals surface area contributed by atoms with E-state index in [1.807, 2.05) is 0 Å². The van der Waals surface area contributed by atoms with Crippen molar-refractivity contribution in [3.05, 3.63) is 53.6 Å². The molecule has 0 aliphatic carbocycles. The van der Waals surface area contributed by atoms with E-state index in [1.54, 1.807) is 6.92 Å². The van der Waals surface area contributed by atoms with E-state index in [9.17, 15) is 17.2 Å². The van der Waals surface area contributed by atoms with E-state index in [4.69, 9.17) is 5.73 Å². The summed E-state index contributed by atoms with van der Waals surface area (Å²) in [6.45, 7) is 1.71. The Bertz CT molecular complexity index is 761. The van der Waals surface area contributed by atoms with Gasteiger partial charge in [-0.05, 0) is 42.8 Å². The number of hydrogen-bond donors (Lipinski definition) is 2. The number of rotatable bonds is 3. The molecule has 0 spiro atoms. The Morgan fingerprint density at radius 1 is 1.10 bits per heavy atom. The predicted molar refractivity (Wildman–Crippen MR) is 72.8 cm³/mol. The van der Waals surface area contributed by atoms with Gasteiger partial charge in [0, 0.05) is 17.4 Å². The number of nitrogen functional groups attached to an aromatic ring is 1. The van der Waals surface area contributed by atoms with Crippen LogP contribution in [0.3, 0.4) is 0 Å². The summed E-state index contributed by atoms with van der Waals surface area (Å²) >= 11 is 0. The number of nitrogens with two attached hydrogens (primary N) is 1. The second kappa shape index (κ2) is 5.09. The topological polar surface area (TPSA) is 72.2 Å². The molecule has 0 aliphatic heterocycles. The van der Waals surface area contributed by atoms with Gasteiger partial charge in [0.25, 0.3) is 10.0 Å². The van der Waals surface area contributed by atoms with Gasteiger partial charge in [0.2, 0.25) is 0 Å². The summed E-state index contributed by atoms with van der Waals surface area (Å²) in [5.74, 6) is -1.99. The third kappa shape index (κ3) is 2.88. The average molecular weight is 298 g/mol. The molecule has 7 heteroatoms. The highest BCUT2D eigenvalue weighted by atomic mass is 32.2. The average Bonchev–Trinajstić information content (AvgIpc) is 2.33. The van der Waals surface area contributed by atoms with Crippen molar-refractivity contribution in [3.8, 4) is 0 Å². The van der Waals surface area contributed by atoms with Crippen molar-refractivity contribution in [1.82, 2.24) is 0 Å². The monoisotopic (exact) mass is 298 g/mol. The second-order valence-electron chi connectivity index (χ2n) is 4.25. The normalized spacial score (nSPS) is 11.3. The van der Waals surface area contributed by atoms with E-state index in [1.165, 1.54) is 18.2 Å². The molecule has 106 valence electrons. The molecule has 0 unspecified atom stereocenters. The van der Waals surface area contributed by atoms with Gasteiger partial charge in [-0.2, -0.15) is 0 Å². The minimum Gasteiger partial charge on any atom is -0.399 e. The molecular weight excluding hydrogens is 286 g/mol. The highest BCUT2D eigenvalue weighted by Crippen LogP contribution is 2.22. The molecule has 2 rings (SSSR count). The fraction of sp³-hybridized carbons (Fsp3) is 0.0769. The number of hydrogen-bond acceptors (Lipinski definition) is 3. The van der Waals surface area contributed by atoms with Crippen molar-refractivity contribution < 1.29 is 17.2 Å². The summed E-state index contributed by atoms with van der Waals surface area (Å²) in [4.78, 5) is -0.617. The van der Waals surface area contributed by atoms with Gasteiger partial charge in [-0.25, -0.2) is 17.2 Å². The van der Waals surface area contributed by atoms with E-state index in [0.717, 1.165) is 12.1 Å². The highest BCUT2D eigenvalue weighted by Gasteiger charge is 2.19. The number of halogens is 2. The minimum absolute atomic E-state index is 0.250. The maximum absolute atomic E-state index is 13.5. The van der Waals surface area contributed by atoms with Crippen molar-refractivity contribution in [2.45, 2.75) is 11.8 Å². The number of benzene rings is 2. The molecule has 0 aliphatic rings. The van der Waals surface area contributed by atoms with Crippen LogP contribution in [-0.4, -0.2) is 8.42 Å². The van der Waals surface area contributed by atoms with Gasteiger partial charge in [-0.3, -0.25) is 4.72 Å². The van der Waals surface area contributed by atoms with Crippen LogP contribution in [0.25, 0.3) is 0 Å². The first-order valence-corrected chi connectivity index (χ1v) is 7.12.